The number of rotatable bonds is 1. The van der Waals surface area contributed by atoms with E-state index in [2.05, 4.69) is 0 Å². The number of hydrogen-bond acceptors (Lipinski definition) is 2. The minimum absolute atomic E-state index is 0.0577. The molecule has 1 aromatic rings. The molecule has 0 bridgehead atoms. The van der Waals surface area contributed by atoms with Gasteiger partial charge in [0, 0.05) is 10.3 Å². The van der Waals surface area contributed by atoms with Crippen molar-refractivity contribution in [3.8, 4) is 0 Å². The zero-order valence-corrected chi connectivity index (χ0v) is 8.42. The second kappa shape index (κ2) is 3.02. The van der Waals surface area contributed by atoms with Gasteiger partial charge in [0.25, 0.3) is 0 Å². The van der Waals surface area contributed by atoms with Crippen molar-refractivity contribution in [2.45, 2.75) is 31.2 Å². The van der Waals surface area contributed by atoms with E-state index in [1.54, 1.807) is 11.3 Å². The van der Waals surface area contributed by atoms with Gasteiger partial charge in [-0.2, -0.15) is 0 Å². The molecule has 0 spiro atoms. The second-order valence-electron chi connectivity index (χ2n) is 3.49. The third-order valence-electron chi connectivity index (χ3n) is 2.55. The maximum absolute atomic E-state index is 6.25. The molecule has 0 amide bonds. The van der Waals surface area contributed by atoms with Gasteiger partial charge in [0.05, 0.1) is 10.6 Å². The van der Waals surface area contributed by atoms with Crippen LogP contribution in [0.1, 0.15) is 30.6 Å². The van der Waals surface area contributed by atoms with Gasteiger partial charge in [-0.05, 0) is 18.9 Å². The molecule has 1 aliphatic rings. The van der Waals surface area contributed by atoms with Gasteiger partial charge >= 0.3 is 0 Å². The molecule has 0 atom stereocenters. The summed E-state index contributed by atoms with van der Waals surface area (Å²) >= 11 is 7.54. The van der Waals surface area contributed by atoms with Crippen molar-refractivity contribution in [1.29, 1.82) is 0 Å². The third kappa shape index (κ3) is 1.39. The van der Waals surface area contributed by atoms with Crippen LogP contribution in [0.5, 0.6) is 0 Å². The first-order chi connectivity index (χ1) is 5.71. The van der Waals surface area contributed by atoms with Crippen molar-refractivity contribution < 1.29 is 0 Å². The molecule has 0 aliphatic heterocycles. The van der Waals surface area contributed by atoms with Gasteiger partial charge in [-0.3, -0.25) is 0 Å². The van der Waals surface area contributed by atoms with E-state index in [0.29, 0.717) is 0 Å². The summed E-state index contributed by atoms with van der Waals surface area (Å²) in [6.07, 6.45) is 4.74. The van der Waals surface area contributed by atoms with E-state index < -0.39 is 0 Å². The van der Waals surface area contributed by atoms with E-state index in [1.807, 2.05) is 11.4 Å². The molecule has 3 heteroatoms. The highest BCUT2D eigenvalue weighted by molar-refractivity contribution is 7.10. The Labute approximate surface area is 81.5 Å². The number of nitrogens with two attached hydrogens (primary N) is 1. The van der Waals surface area contributed by atoms with Gasteiger partial charge in [0.15, 0.2) is 0 Å². The minimum Gasteiger partial charge on any atom is -0.321 e. The molecule has 12 heavy (non-hydrogen) atoms. The summed E-state index contributed by atoms with van der Waals surface area (Å²) in [4.78, 5) is 1.25. The van der Waals surface area contributed by atoms with E-state index in [-0.39, 0.29) is 5.54 Å². The summed E-state index contributed by atoms with van der Waals surface area (Å²) in [6.45, 7) is 0. The molecule has 1 fully saturated rings. The molecular weight excluding hydrogens is 190 g/mol. The molecule has 1 saturated carbocycles. The molecule has 0 unspecified atom stereocenters. The van der Waals surface area contributed by atoms with Crippen LogP contribution in [0, 0.1) is 0 Å². The molecule has 1 aliphatic carbocycles. The first-order valence-electron chi connectivity index (χ1n) is 4.24. The summed E-state index contributed by atoms with van der Waals surface area (Å²) in [6, 6.07) is 2.01. The SMILES string of the molecule is NC1(c2cc(Cl)cs2)CCCC1. The minimum atomic E-state index is -0.0577. The highest BCUT2D eigenvalue weighted by Gasteiger charge is 2.32. The maximum Gasteiger partial charge on any atom is 0.0516 e. The van der Waals surface area contributed by atoms with Crippen molar-refractivity contribution >= 4 is 22.9 Å². The first-order valence-corrected chi connectivity index (χ1v) is 5.50. The van der Waals surface area contributed by atoms with Crippen LogP contribution >= 0.6 is 22.9 Å². The van der Waals surface area contributed by atoms with Crippen LogP contribution in [0.2, 0.25) is 5.02 Å². The summed E-state index contributed by atoms with van der Waals surface area (Å²) in [5.41, 5.74) is 6.19. The number of thiophene rings is 1. The van der Waals surface area contributed by atoms with Crippen LogP contribution in [0.3, 0.4) is 0 Å². The normalized spacial score (nSPS) is 21.5. The smallest absolute Gasteiger partial charge is 0.0516 e. The predicted molar refractivity (Wildman–Crippen MR) is 53.7 cm³/mol. The van der Waals surface area contributed by atoms with E-state index >= 15 is 0 Å². The van der Waals surface area contributed by atoms with Crippen LogP contribution in [0.15, 0.2) is 11.4 Å². The summed E-state index contributed by atoms with van der Waals surface area (Å²) in [7, 11) is 0. The number of hydrogen-bond donors (Lipinski definition) is 1. The first kappa shape index (κ1) is 8.54. The topological polar surface area (TPSA) is 26.0 Å². The van der Waals surface area contributed by atoms with Gasteiger partial charge in [-0.25, -0.2) is 0 Å². The summed E-state index contributed by atoms with van der Waals surface area (Å²) < 4.78 is 0. The van der Waals surface area contributed by atoms with Crippen LogP contribution in [0.25, 0.3) is 0 Å². The van der Waals surface area contributed by atoms with Crippen molar-refractivity contribution in [2.75, 3.05) is 0 Å². The fourth-order valence-electron chi connectivity index (χ4n) is 1.83. The van der Waals surface area contributed by atoms with Crippen LogP contribution < -0.4 is 5.73 Å². The molecule has 2 N–H and O–H groups in total. The Morgan fingerprint density at radius 1 is 1.42 bits per heavy atom. The highest BCUT2D eigenvalue weighted by atomic mass is 35.5. The Kier molecular flexibility index (Phi) is 2.15. The quantitative estimate of drug-likeness (QED) is 0.743. The molecule has 1 aromatic heterocycles. The van der Waals surface area contributed by atoms with Crippen LogP contribution in [-0.4, -0.2) is 0 Å². The van der Waals surface area contributed by atoms with Gasteiger partial charge in [0.1, 0.15) is 0 Å². The van der Waals surface area contributed by atoms with Crippen molar-refractivity contribution in [3.63, 3.8) is 0 Å². The Balaban J connectivity index is 2.28. The fraction of sp³-hybridized carbons (Fsp3) is 0.556. The zero-order chi connectivity index (χ0) is 8.60. The molecular formula is C9H12ClNS. The lowest BCUT2D eigenvalue weighted by Crippen LogP contribution is -2.31. The Morgan fingerprint density at radius 2 is 2.08 bits per heavy atom. The molecule has 2 rings (SSSR count). The van der Waals surface area contributed by atoms with Gasteiger partial charge in [-0.1, -0.05) is 24.4 Å². The standard InChI is InChI=1S/C9H12ClNS/c10-7-5-8(12-6-7)9(11)3-1-2-4-9/h5-6H,1-4,11H2. The third-order valence-corrected chi connectivity index (χ3v) is 4.05. The summed E-state index contributed by atoms with van der Waals surface area (Å²) in [5, 5.41) is 2.79. The van der Waals surface area contributed by atoms with E-state index in [9.17, 15) is 0 Å². The molecule has 1 heterocycles. The van der Waals surface area contributed by atoms with Crippen molar-refractivity contribution in [2.24, 2.45) is 5.73 Å². The molecule has 1 nitrogen and oxygen atoms in total. The van der Waals surface area contributed by atoms with Crippen LogP contribution in [0.4, 0.5) is 0 Å². The fourth-order valence-corrected chi connectivity index (χ4v) is 3.08. The summed E-state index contributed by atoms with van der Waals surface area (Å²) in [5.74, 6) is 0. The largest absolute Gasteiger partial charge is 0.321 e. The Morgan fingerprint density at radius 3 is 2.58 bits per heavy atom. The van der Waals surface area contributed by atoms with Crippen molar-refractivity contribution in [3.05, 3.63) is 21.3 Å². The van der Waals surface area contributed by atoms with E-state index in [4.69, 9.17) is 17.3 Å². The highest BCUT2D eigenvalue weighted by Crippen LogP contribution is 2.39. The maximum atomic E-state index is 6.25. The monoisotopic (exact) mass is 201 g/mol. The lowest BCUT2D eigenvalue weighted by atomic mass is 9.97. The molecule has 66 valence electrons. The lowest BCUT2D eigenvalue weighted by Gasteiger charge is -2.21. The molecule has 0 aromatic carbocycles. The van der Waals surface area contributed by atoms with Gasteiger partial charge < -0.3 is 5.73 Å². The number of halogens is 1. The molecule has 0 radical (unpaired) electrons. The second-order valence-corrected chi connectivity index (χ2v) is 4.84. The average Bonchev–Trinajstić information content (AvgIpc) is 2.59. The van der Waals surface area contributed by atoms with Crippen molar-refractivity contribution in [1.82, 2.24) is 0 Å². The Bertz CT molecular complexity index is 276. The lowest BCUT2D eigenvalue weighted by molar-refractivity contribution is 0.472. The van der Waals surface area contributed by atoms with E-state index in [1.165, 1.54) is 17.7 Å². The van der Waals surface area contributed by atoms with Gasteiger partial charge in [-0.15, -0.1) is 11.3 Å². The zero-order valence-electron chi connectivity index (χ0n) is 6.85. The van der Waals surface area contributed by atoms with Crippen LogP contribution in [-0.2, 0) is 5.54 Å². The average molecular weight is 202 g/mol. The van der Waals surface area contributed by atoms with E-state index in [0.717, 1.165) is 17.9 Å². The van der Waals surface area contributed by atoms with Gasteiger partial charge in [0.2, 0.25) is 0 Å². The molecule has 0 saturated heterocycles. The Hall–Kier alpha value is -0.0500. The predicted octanol–water partition coefficient (Wildman–Crippen LogP) is 3.13.